The maximum absolute atomic E-state index is 11.8. The van der Waals surface area contributed by atoms with Crippen LogP contribution < -0.4 is 5.32 Å². The highest BCUT2D eigenvalue weighted by Crippen LogP contribution is 2.32. The number of carbonyl (C=O) groups excluding carboxylic acids is 1. The smallest absolute Gasteiger partial charge is 0.412 e. The molecule has 1 aromatic carbocycles. The molecule has 1 heterocycles. The average Bonchev–Trinajstić information content (AvgIpc) is 2.72. The summed E-state index contributed by atoms with van der Waals surface area (Å²) in [4.78, 5) is 24.4. The zero-order valence-electron chi connectivity index (χ0n) is 11.7. The summed E-state index contributed by atoms with van der Waals surface area (Å²) >= 11 is 1.33. The molecule has 0 saturated carbocycles. The molecule has 0 spiro atoms. The van der Waals surface area contributed by atoms with E-state index < -0.39 is 12.1 Å². The first-order valence-corrected chi connectivity index (χ1v) is 7.11. The summed E-state index contributed by atoms with van der Waals surface area (Å²) < 4.78 is 5.09. The molecule has 110 valence electrons. The van der Waals surface area contributed by atoms with Crippen molar-refractivity contribution in [3.63, 3.8) is 0 Å². The number of benzene rings is 1. The summed E-state index contributed by atoms with van der Waals surface area (Å²) in [7, 11) is 0. The highest BCUT2D eigenvalue weighted by atomic mass is 32.1. The van der Waals surface area contributed by atoms with Crippen molar-refractivity contribution in [3.05, 3.63) is 51.2 Å². The Morgan fingerprint density at radius 3 is 2.48 bits per heavy atom. The Bertz CT molecular complexity index is 664. The third-order valence-electron chi connectivity index (χ3n) is 2.91. The molecule has 0 bridgehead atoms. The van der Waals surface area contributed by atoms with Gasteiger partial charge >= 0.3 is 12.1 Å². The number of ether oxygens (including phenoxy) is 1. The van der Waals surface area contributed by atoms with E-state index in [0.717, 1.165) is 10.4 Å². The number of carboxylic acids is 1. The molecule has 0 saturated heterocycles. The predicted molar refractivity (Wildman–Crippen MR) is 81.0 cm³/mol. The third-order valence-corrected chi connectivity index (χ3v) is 3.93. The van der Waals surface area contributed by atoms with Crippen molar-refractivity contribution in [1.29, 1.82) is 0 Å². The van der Waals surface area contributed by atoms with E-state index in [0.29, 0.717) is 10.6 Å². The van der Waals surface area contributed by atoms with Gasteiger partial charge in [0.1, 0.15) is 6.61 Å². The maximum Gasteiger partial charge on any atom is 0.412 e. The van der Waals surface area contributed by atoms with Crippen LogP contribution in [0, 0.1) is 13.8 Å². The molecule has 0 aliphatic rings. The number of carbonyl (C=O) groups is 2. The molecule has 6 heteroatoms. The predicted octanol–water partition coefficient (Wildman–Crippen LogP) is 3.81. The minimum Gasteiger partial charge on any atom is -0.478 e. The minimum atomic E-state index is -1.06. The fraction of sp³-hybridized carbons (Fsp3) is 0.200. The number of amides is 1. The van der Waals surface area contributed by atoms with Gasteiger partial charge in [0.2, 0.25) is 0 Å². The lowest BCUT2D eigenvalue weighted by Gasteiger charge is -2.08. The molecule has 0 fully saturated rings. The summed E-state index contributed by atoms with van der Waals surface area (Å²) in [6, 6.07) is 9.27. The minimum absolute atomic E-state index is 0.120. The zero-order valence-corrected chi connectivity index (χ0v) is 12.5. The summed E-state index contributed by atoms with van der Waals surface area (Å²) in [5, 5.41) is 11.7. The Balaban J connectivity index is 2.05. The van der Waals surface area contributed by atoms with Crippen LogP contribution >= 0.6 is 11.3 Å². The highest BCUT2D eigenvalue weighted by molar-refractivity contribution is 7.12. The summed E-state index contributed by atoms with van der Waals surface area (Å²) in [6.07, 6.45) is -0.665. The lowest BCUT2D eigenvalue weighted by atomic mass is 10.2. The van der Waals surface area contributed by atoms with Gasteiger partial charge in [0.15, 0.2) is 0 Å². The molecule has 1 amide bonds. The Morgan fingerprint density at radius 2 is 1.86 bits per heavy atom. The molecule has 0 aliphatic carbocycles. The van der Waals surface area contributed by atoms with Crippen LogP contribution in [0.25, 0.3) is 0 Å². The van der Waals surface area contributed by atoms with Crippen LogP contribution in [0.3, 0.4) is 0 Å². The van der Waals surface area contributed by atoms with Gasteiger partial charge in [0.25, 0.3) is 0 Å². The summed E-state index contributed by atoms with van der Waals surface area (Å²) in [6.45, 7) is 3.61. The van der Waals surface area contributed by atoms with Crippen LogP contribution in [0.5, 0.6) is 0 Å². The van der Waals surface area contributed by atoms with Gasteiger partial charge in [0, 0.05) is 9.75 Å². The van der Waals surface area contributed by atoms with Crippen molar-refractivity contribution in [3.8, 4) is 0 Å². The van der Waals surface area contributed by atoms with Crippen molar-refractivity contribution in [2.24, 2.45) is 0 Å². The van der Waals surface area contributed by atoms with Crippen LogP contribution in [-0.4, -0.2) is 17.2 Å². The molecular weight excluding hydrogens is 290 g/mol. The summed E-state index contributed by atoms with van der Waals surface area (Å²) in [5.41, 5.74) is 1.29. The van der Waals surface area contributed by atoms with Gasteiger partial charge in [-0.2, -0.15) is 0 Å². The second kappa shape index (κ2) is 6.41. The van der Waals surface area contributed by atoms with Crippen LogP contribution in [0.2, 0.25) is 0 Å². The van der Waals surface area contributed by atoms with Gasteiger partial charge in [-0.15, -0.1) is 11.3 Å². The lowest BCUT2D eigenvalue weighted by molar-refractivity contribution is 0.0698. The topological polar surface area (TPSA) is 75.6 Å². The van der Waals surface area contributed by atoms with E-state index in [2.05, 4.69) is 5.32 Å². The first-order valence-electron chi connectivity index (χ1n) is 6.30. The normalized spacial score (nSPS) is 10.2. The molecule has 0 unspecified atom stereocenters. The van der Waals surface area contributed by atoms with Gasteiger partial charge in [-0.3, -0.25) is 5.32 Å². The first kappa shape index (κ1) is 15.1. The van der Waals surface area contributed by atoms with Gasteiger partial charge in [0.05, 0.1) is 11.3 Å². The number of hydrogen-bond donors (Lipinski definition) is 2. The van der Waals surface area contributed by atoms with E-state index in [1.807, 2.05) is 30.3 Å². The fourth-order valence-electron chi connectivity index (χ4n) is 1.95. The fourth-order valence-corrected chi connectivity index (χ4v) is 2.96. The van der Waals surface area contributed by atoms with Gasteiger partial charge in [-0.05, 0) is 19.4 Å². The molecular formula is C15H15NO4S. The molecule has 2 rings (SSSR count). The van der Waals surface area contributed by atoms with Gasteiger partial charge in [-0.1, -0.05) is 30.3 Å². The van der Waals surface area contributed by atoms with Crippen molar-refractivity contribution in [2.45, 2.75) is 20.5 Å². The monoisotopic (exact) mass is 305 g/mol. The van der Waals surface area contributed by atoms with Crippen molar-refractivity contribution < 1.29 is 19.4 Å². The molecule has 0 radical (unpaired) electrons. The van der Waals surface area contributed by atoms with E-state index in [1.165, 1.54) is 11.3 Å². The van der Waals surface area contributed by atoms with Gasteiger partial charge in [-0.25, -0.2) is 9.59 Å². The third kappa shape index (κ3) is 3.61. The Kier molecular flexibility index (Phi) is 4.59. The number of hydrogen-bond acceptors (Lipinski definition) is 4. The maximum atomic E-state index is 11.8. The molecule has 2 N–H and O–H groups in total. The van der Waals surface area contributed by atoms with E-state index in [1.54, 1.807) is 13.8 Å². The van der Waals surface area contributed by atoms with E-state index in [-0.39, 0.29) is 12.2 Å². The molecule has 5 nitrogen and oxygen atoms in total. The SMILES string of the molecule is Cc1sc(C)c(C(=O)O)c1NC(=O)OCc1ccccc1. The molecule has 1 aromatic heterocycles. The second-order valence-electron chi connectivity index (χ2n) is 4.46. The Morgan fingerprint density at radius 1 is 1.19 bits per heavy atom. The number of aryl methyl sites for hydroxylation is 2. The van der Waals surface area contributed by atoms with Crippen LogP contribution in [-0.2, 0) is 11.3 Å². The quantitative estimate of drug-likeness (QED) is 0.900. The van der Waals surface area contributed by atoms with E-state index in [4.69, 9.17) is 4.74 Å². The lowest BCUT2D eigenvalue weighted by Crippen LogP contribution is -2.16. The van der Waals surface area contributed by atoms with Gasteiger partial charge < -0.3 is 9.84 Å². The number of thiophene rings is 1. The number of rotatable bonds is 4. The van der Waals surface area contributed by atoms with Crippen LogP contribution in [0.4, 0.5) is 10.5 Å². The van der Waals surface area contributed by atoms with Crippen molar-refractivity contribution >= 4 is 29.1 Å². The molecule has 0 aliphatic heterocycles. The highest BCUT2D eigenvalue weighted by Gasteiger charge is 2.21. The number of carboxylic acid groups (broad SMARTS) is 1. The Hall–Kier alpha value is -2.34. The number of nitrogens with one attached hydrogen (secondary N) is 1. The zero-order chi connectivity index (χ0) is 15.4. The molecule has 2 aromatic rings. The number of aromatic carboxylic acids is 1. The molecule has 21 heavy (non-hydrogen) atoms. The summed E-state index contributed by atoms with van der Waals surface area (Å²) in [5.74, 6) is -1.06. The number of anilines is 1. The Labute approximate surface area is 126 Å². The van der Waals surface area contributed by atoms with Crippen molar-refractivity contribution in [2.75, 3.05) is 5.32 Å². The second-order valence-corrected chi connectivity index (χ2v) is 5.89. The van der Waals surface area contributed by atoms with E-state index in [9.17, 15) is 14.7 Å². The first-order chi connectivity index (χ1) is 9.99. The molecule has 0 atom stereocenters. The standard InChI is InChI=1S/C15H15NO4S/c1-9-12(14(17)18)13(10(2)21-9)16-15(19)20-8-11-6-4-3-5-7-11/h3-7H,8H2,1-2H3,(H,16,19)(H,17,18). The van der Waals surface area contributed by atoms with Crippen molar-refractivity contribution in [1.82, 2.24) is 0 Å². The largest absolute Gasteiger partial charge is 0.478 e. The average molecular weight is 305 g/mol. The van der Waals surface area contributed by atoms with E-state index >= 15 is 0 Å². The van der Waals surface area contributed by atoms with Crippen LogP contribution in [0.1, 0.15) is 25.7 Å². The van der Waals surface area contributed by atoms with Crippen LogP contribution in [0.15, 0.2) is 30.3 Å².